The molecule has 0 aliphatic rings. The maximum atomic E-state index is 11.6. The molecule has 0 atom stereocenters. The van der Waals surface area contributed by atoms with Gasteiger partial charge in [-0.15, -0.1) is 0 Å². The van der Waals surface area contributed by atoms with E-state index in [9.17, 15) is 19.5 Å². The Hall–Kier alpha value is -2.75. The maximum absolute atomic E-state index is 11.6. The second-order valence-electron chi connectivity index (χ2n) is 4.45. The molecule has 0 saturated carbocycles. The summed E-state index contributed by atoms with van der Waals surface area (Å²) in [7, 11) is 0. The summed E-state index contributed by atoms with van der Waals surface area (Å²) in [6.45, 7) is 0. The minimum atomic E-state index is -0.707. The number of rotatable bonds is 5. The predicted octanol–water partition coefficient (Wildman–Crippen LogP) is 0.00920. The molecule has 1 aromatic carbocycles. The summed E-state index contributed by atoms with van der Waals surface area (Å²) in [5.74, 6) is -0.418. The van der Waals surface area contributed by atoms with E-state index in [0.717, 1.165) is 4.47 Å². The molecule has 0 fully saturated rings. The van der Waals surface area contributed by atoms with Gasteiger partial charge in [-0.3, -0.25) is 14.6 Å². The third kappa shape index (κ3) is 4.88. The summed E-state index contributed by atoms with van der Waals surface area (Å²) < 4.78 is 0.756. The van der Waals surface area contributed by atoms with Gasteiger partial charge in [0.25, 0.3) is 5.56 Å². The lowest BCUT2D eigenvalue weighted by Gasteiger charge is -2.01. The molecule has 0 saturated heterocycles. The zero-order chi connectivity index (χ0) is 16.8. The van der Waals surface area contributed by atoms with E-state index in [-0.39, 0.29) is 24.3 Å². The Bertz CT molecular complexity index is 858. The number of nitrogens with zero attached hydrogens (tertiary/aromatic N) is 2. The monoisotopic (exact) mass is 381 g/mol. The van der Waals surface area contributed by atoms with Crippen molar-refractivity contribution in [3.63, 3.8) is 0 Å². The van der Waals surface area contributed by atoms with Crippen molar-refractivity contribution >= 4 is 28.1 Å². The second kappa shape index (κ2) is 7.49. The molecule has 0 spiro atoms. The van der Waals surface area contributed by atoms with Gasteiger partial charge in [0.05, 0.1) is 6.21 Å². The van der Waals surface area contributed by atoms with Crippen molar-refractivity contribution in [3.8, 4) is 5.75 Å². The molecule has 0 aliphatic heterocycles. The Morgan fingerprint density at radius 1 is 1.43 bits per heavy atom. The molecule has 10 heteroatoms. The fourth-order valence-electron chi connectivity index (χ4n) is 1.63. The first-order chi connectivity index (χ1) is 11.0. The highest BCUT2D eigenvalue weighted by molar-refractivity contribution is 9.10. The smallest absolute Gasteiger partial charge is 0.342 e. The molecule has 1 amide bonds. The van der Waals surface area contributed by atoms with Gasteiger partial charge in [0, 0.05) is 22.9 Å². The topological polar surface area (TPSA) is 140 Å². The van der Waals surface area contributed by atoms with Crippen molar-refractivity contribution < 1.29 is 9.90 Å². The molecular formula is C13H12BrN5O4. The van der Waals surface area contributed by atoms with Crippen LogP contribution in [0, 0.1) is 0 Å². The Morgan fingerprint density at radius 2 is 2.22 bits per heavy atom. The van der Waals surface area contributed by atoms with Crippen LogP contribution in [0.25, 0.3) is 0 Å². The van der Waals surface area contributed by atoms with Gasteiger partial charge in [-0.2, -0.15) is 10.2 Å². The first-order valence-corrected chi connectivity index (χ1v) is 7.23. The van der Waals surface area contributed by atoms with Crippen molar-refractivity contribution in [1.29, 1.82) is 0 Å². The number of benzene rings is 1. The molecule has 1 heterocycles. The standard InChI is InChI=1S/C13H12BrN5O4/c14-8-1-3-10(20)7(5-8)6-15-18-11(21)4-2-9-12(22)16-13(23)19-17-9/h1,3,5-6,20H,2,4H2,(H,18,21)(H2,16,19,22,23)/b15-6-. The first kappa shape index (κ1) is 16.6. The molecule has 2 aromatic rings. The number of amides is 1. The molecule has 0 aliphatic carbocycles. The number of phenols is 1. The van der Waals surface area contributed by atoms with Crippen LogP contribution in [-0.4, -0.2) is 32.4 Å². The van der Waals surface area contributed by atoms with E-state index in [0.29, 0.717) is 5.56 Å². The molecule has 4 N–H and O–H groups in total. The zero-order valence-electron chi connectivity index (χ0n) is 11.7. The minimum Gasteiger partial charge on any atom is -0.507 e. The fourth-order valence-corrected chi connectivity index (χ4v) is 2.01. The highest BCUT2D eigenvalue weighted by atomic mass is 79.9. The van der Waals surface area contributed by atoms with Crippen LogP contribution in [0.2, 0.25) is 0 Å². The predicted molar refractivity (Wildman–Crippen MR) is 85.3 cm³/mol. The summed E-state index contributed by atoms with van der Waals surface area (Å²) in [6.07, 6.45) is 1.31. The van der Waals surface area contributed by atoms with Gasteiger partial charge in [-0.1, -0.05) is 15.9 Å². The molecule has 9 nitrogen and oxygen atoms in total. The van der Waals surface area contributed by atoms with E-state index in [1.165, 1.54) is 12.3 Å². The van der Waals surface area contributed by atoms with Crippen LogP contribution in [0.3, 0.4) is 0 Å². The molecule has 23 heavy (non-hydrogen) atoms. The molecule has 1 aromatic heterocycles. The number of carbonyl (C=O) groups excluding carboxylic acids is 1. The van der Waals surface area contributed by atoms with Gasteiger partial charge in [0.2, 0.25) is 5.91 Å². The van der Waals surface area contributed by atoms with Crippen molar-refractivity contribution in [1.82, 2.24) is 20.6 Å². The van der Waals surface area contributed by atoms with E-state index in [4.69, 9.17) is 0 Å². The Balaban J connectivity index is 1.90. The van der Waals surface area contributed by atoms with E-state index < -0.39 is 17.2 Å². The number of aromatic hydroxyl groups is 1. The summed E-state index contributed by atoms with van der Waals surface area (Å²) in [5, 5.41) is 19.0. The lowest BCUT2D eigenvalue weighted by Crippen LogP contribution is -2.28. The number of hydrogen-bond acceptors (Lipinski definition) is 6. The summed E-state index contributed by atoms with van der Waals surface area (Å²) >= 11 is 3.25. The minimum absolute atomic E-state index is 0.0233. The van der Waals surface area contributed by atoms with Crippen LogP contribution in [0.4, 0.5) is 0 Å². The molecule has 2 rings (SSSR count). The number of phenolic OH excluding ortho intramolecular Hbond substituents is 1. The average molecular weight is 382 g/mol. The van der Waals surface area contributed by atoms with Crippen molar-refractivity contribution in [2.45, 2.75) is 12.8 Å². The number of hydrogen-bond donors (Lipinski definition) is 4. The van der Waals surface area contributed by atoms with Gasteiger partial charge in [0.1, 0.15) is 11.4 Å². The highest BCUT2D eigenvalue weighted by Crippen LogP contribution is 2.19. The van der Waals surface area contributed by atoms with Crippen LogP contribution < -0.4 is 16.7 Å². The summed E-state index contributed by atoms with van der Waals surface area (Å²) in [4.78, 5) is 35.8. The van der Waals surface area contributed by atoms with Crippen LogP contribution >= 0.6 is 15.9 Å². The Labute approximate surface area is 137 Å². The van der Waals surface area contributed by atoms with Gasteiger partial charge in [-0.05, 0) is 18.2 Å². The largest absolute Gasteiger partial charge is 0.507 e. The van der Waals surface area contributed by atoms with Crippen LogP contribution in [-0.2, 0) is 11.2 Å². The highest BCUT2D eigenvalue weighted by Gasteiger charge is 2.06. The lowest BCUT2D eigenvalue weighted by atomic mass is 10.2. The van der Waals surface area contributed by atoms with Crippen LogP contribution in [0.1, 0.15) is 17.7 Å². The molecule has 0 bridgehead atoms. The average Bonchev–Trinajstić information content (AvgIpc) is 2.50. The van der Waals surface area contributed by atoms with E-state index >= 15 is 0 Å². The number of aromatic nitrogens is 3. The summed E-state index contributed by atoms with van der Waals surface area (Å²) in [5.41, 5.74) is 1.41. The van der Waals surface area contributed by atoms with E-state index in [2.05, 4.69) is 36.7 Å². The third-order valence-corrected chi connectivity index (χ3v) is 3.25. The summed E-state index contributed by atoms with van der Waals surface area (Å²) in [6, 6.07) is 4.79. The van der Waals surface area contributed by atoms with Gasteiger partial charge in [-0.25, -0.2) is 15.3 Å². The third-order valence-electron chi connectivity index (χ3n) is 2.75. The first-order valence-electron chi connectivity index (χ1n) is 6.44. The second-order valence-corrected chi connectivity index (χ2v) is 5.37. The number of aryl methyl sites for hydroxylation is 1. The Morgan fingerprint density at radius 3 is 2.96 bits per heavy atom. The van der Waals surface area contributed by atoms with Gasteiger partial charge >= 0.3 is 5.69 Å². The van der Waals surface area contributed by atoms with E-state index in [1.807, 2.05) is 4.98 Å². The number of nitrogens with one attached hydrogen (secondary N) is 3. The molecule has 0 unspecified atom stereocenters. The SMILES string of the molecule is O=C(CCc1n[nH]c(=O)[nH]c1=O)N/N=C\c1cc(Br)ccc1O. The Kier molecular flexibility index (Phi) is 5.41. The molecule has 120 valence electrons. The number of hydrazone groups is 1. The molecular weight excluding hydrogens is 370 g/mol. The van der Waals surface area contributed by atoms with Crippen molar-refractivity contribution in [3.05, 3.63) is 54.8 Å². The van der Waals surface area contributed by atoms with Gasteiger partial charge < -0.3 is 5.11 Å². The molecule has 0 radical (unpaired) electrons. The van der Waals surface area contributed by atoms with Crippen molar-refractivity contribution in [2.75, 3.05) is 0 Å². The van der Waals surface area contributed by atoms with Crippen molar-refractivity contribution in [2.24, 2.45) is 5.10 Å². The fraction of sp³-hybridized carbons (Fsp3) is 0.154. The number of H-pyrrole nitrogens is 2. The maximum Gasteiger partial charge on any atom is 0.342 e. The van der Waals surface area contributed by atoms with E-state index in [1.54, 1.807) is 12.1 Å². The lowest BCUT2D eigenvalue weighted by molar-refractivity contribution is -0.121. The van der Waals surface area contributed by atoms with Crippen LogP contribution in [0.5, 0.6) is 5.75 Å². The normalized spacial score (nSPS) is 10.8. The quantitative estimate of drug-likeness (QED) is 0.426. The number of carbonyl (C=O) groups is 1. The number of aromatic amines is 2. The van der Waals surface area contributed by atoms with Gasteiger partial charge in [0.15, 0.2) is 0 Å². The number of halogens is 1. The zero-order valence-corrected chi connectivity index (χ0v) is 13.3. The van der Waals surface area contributed by atoms with Crippen LogP contribution in [0.15, 0.2) is 37.4 Å².